The summed E-state index contributed by atoms with van der Waals surface area (Å²) in [5.74, 6) is -1.99. The topological polar surface area (TPSA) is 149 Å². The van der Waals surface area contributed by atoms with Gasteiger partial charge in [0, 0.05) is 19.0 Å². The van der Waals surface area contributed by atoms with Crippen LogP contribution >= 0.6 is 7.26 Å². The molecule has 2 fully saturated rings. The van der Waals surface area contributed by atoms with Crippen molar-refractivity contribution in [1.82, 2.24) is 9.80 Å². The Kier molecular flexibility index (Phi) is 19.5. The van der Waals surface area contributed by atoms with E-state index in [1.165, 1.54) is 17.5 Å². The Hall–Kier alpha value is -2.47. The van der Waals surface area contributed by atoms with Crippen LogP contribution in [-0.4, -0.2) is 136 Å². The van der Waals surface area contributed by atoms with Crippen LogP contribution in [-0.2, 0) is 23.8 Å². The summed E-state index contributed by atoms with van der Waals surface area (Å²) in [6.07, 6.45) is 1.94. The predicted octanol–water partition coefficient (Wildman–Crippen LogP) is 6.54. The Morgan fingerprint density at radius 1 is 0.887 bits per heavy atom. The SMILES string of the molecule is CC[C@H]1OC(=O)[C@H](C)C[C@H](C)[C@@H](O[C@@H]2O[C@H](C)C[C@H](N(C)C)[C@H]2O)[C@](C)(O)C[C@@H](C)CN(C(=O)CCCCCCC[P+](C)(c2ccccc2)c2ccccc2)[C@H](C)[C@@H](O)[C@]1(C)O. The van der Waals surface area contributed by atoms with E-state index in [1.807, 2.05) is 39.8 Å². The maximum Gasteiger partial charge on any atom is 0.309 e. The van der Waals surface area contributed by atoms with Gasteiger partial charge in [-0.25, -0.2) is 0 Å². The second-order valence-electron chi connectivity index (χ2n) is 19.8. The molecule has 12 heteroatoms. The molecule has 2 saturated heterocycles. The molecule has 0 aromatic heterocycles. The van der Waals surface area contributed by atoms with Crippen molar-refractivity contribution in [3.8, 4) is 0 Å². The van der Waals surface area contributed by atoms with Gasteiger partial charge in [-0.15, -0.1) is 0 Å². The van der Waals surface area contributed by atoms with Crippen LogP contribution < -0.4 is 10.6 Å². The first-order valence-corrected chi connectivity index (χ1v) is 25.8. The van der Waals surface area contributed by atoms with Crippen molar-refractivity contribution in [2.24, 2.45) is 17.8 Å². The van der Waals surface area contributed by atoms with Crippen LogP contribution in [0.4, 0.5) is 0 Å². The lowest BCUT2D eigenvalue weighted by molar-refractivity contribution is -0.295. The summed E-state index contributed by atoms with van der Waals surface area (Å²) >= 11 is 0. The molecule has 350 valence electrons. The number of carbonyl (C=O) groups excluding carboxylic acids is 2. The molecule has 4 rings (SSSR count). The summed E-state index contributed by atoms with van der Waals surface area (Å²) in [6.45, 7) is 16.9. The highest BCUT2D eigenvalue weighted by molar-refractivity contribution is 7.88. The van der Waals surface area contributed by atoms with E-state index in [-0.39, 0.29) is 56.2 Å². The first-order valence-electron chi connectivity index (χ1n) is 23.4. The fourth-order valence-electron chi connectivity index (χ4n) is 10.2. The predicted molar refractivity (Wildman–Crippen MR) is 250 cm³/mol. The summed E-state index contributed by atoms with van der Waals surface area (Å²) in [4.78, 5) is 31.6. The third-order valence-corrected chi connectivity index (χ3v) is 18.0. The number of hydrogen-bond acceptors (Lipinski definition) is 10. The number of ether oxygens (including phenoxy) is 3. The lowest BCUT2D eigenvalue weighted by atomic mass is 9.79. The average Bonchev–Trinajstić information content (AvgIpc) is 3.23. The third-order valence-electron chi connectivity index (χ3n) is 13.9. The van der Waals surface area contributed by atoms with Crippen LogP contribution in [0.2, 0.25) is 0 Å². The van der Waals surface area contributed by atoms with Gasteiger partial charge in [0.05, 0.1) is 60.5 Å². The van der Waals surface area contributed by atoms with Gasteiger partial charge in [-0.3, -0.25) is 9.59 Å². The van der Waals surface area contributed by atoms with Gasteiger partial charge in [-0.2, -0.15) is 0 Å². The van der Waals surface area contributed by atoms with Gasteiger partial charge in [0.25, 0.3) is 0 Å². The molecule has 0 aliphatic carbocycles. The Labute approximate surface area is 374 Å². The molecule has 1 amide bonds. The van der Waals surface area contributed by atoms with Crippen LogP contribution in [0.15, 0.2) is 60.7 Å². The number of aliphatic hydroxyl groups is 4. The number of nitrogens with zero attached hydrogens (tertiary/aromatic N) is 2. The van der Waals surface area contributed by atoms with E-state index >= 15 is 0 Å². The van der Waals surface area contributed by atoms with Gasteiger partial charge < -0.3 is 44.4 Å². The van der Waals surface area contributed by atoms with E-state index in [0.717, 1.165) is 31.8 Å². The maximum atomic E-state index is 14.3. The number of likely N-dealkylation sites (N-methyl/N-ethyl adjacent to an activating group) is 1. The van der Waals surface area contributed by atoms with Crippen molar-refractivity contribution < 1.29 is 44.2 Å². The molecule has 4 N–H and O–H groups in total. The second kappa shape index (κ2) is 23.1. The Morgan fingerprint density at radius 3 is 2.02 bits per heavy atom. The molecule has 0 radical (unpaired) electrons. The number of esters is 1. The third kappa shape index (κ3) is 13.3. The number of benzene rings is 2. The second-order valence-corrected chi connectivity index (χ2v) is 23.7. The number of cyclic esters (lactones) is 1. The van der Waals surface area contributed by atoms with Crippen molar-refractivity contribution in [2.45, 2.75) is 180 Å². The maximum absolute atomic E-state index is 14.3. The van der Waals surface area contributed by atoms with Gasteiger partial charge >= 0.3 is 5.97 Å². The number of amides is 1. The molecule has 2 aliphatic heterocycles. The molecular formula is C50H82N2O9P+. The molecular weight excluding hydrogens is 804 g/mol. The van der Waals surface area contributed by atoms with E-state index in [2.05, 4.69) is 67.3 Å². The number of hydrogen-bond donors (Lipinski definition) is 4. The first kappa shape index (κ1) is 52.2. The minimum absolute atomic E-state index is 0.142. The van der Waals surface area contributed by atoms with E-state index < -0.39 is 73.0 Å². The zero-order valence-electron chi connectivity index (χ0n) is 39.8. The largest absolute Gasteiger partial charge is 0.459 e. The fraction of sp³-hybridized carbons (Fsp3) is 0.720. The van der Waals surface area contributed by atoms with E-state index in [4.69, 9.17) is 14.2 Å². The molecule has 0 saturated carbocycles. The number of rotatable bonds is 14. The van der Waals surface area contributed by atoms with Crippen molar-refractivity contribution in [3.05, 3.63) is 60.7 Å². The summed E-state index contributed by atoms with van der Waals surface area (Å²) in [6, 6.07) is 20.6. The highest BCUT2D eigenvalue weighted by Crippen LogP contribution is 2.53. The highest BCUT2D eigenvalue weighted by atomic mass is 31.2. The van der Waals surface area contributed by atoms with Gasteiger partial charge in [0.2, 0.25) is 5.91 Å². The summed E-state index contributed by atoms with van der Waals surface area (Å²) in [7, 11) is 2.26. The minimum atomic E-state index is -1.86. The zero-order valence-corrected chi connectivity index (χ0v) is 40.7. The van der Waals surface area contributed by atoms with Gasteiger partial charge in [-0.1, -0.05) is 76.9 Å². The Bertz CT molecular complexity index is 1620. The molecule has 2 heterocycles. The van der Waals surface area contributed by atoms with Crippen molar-refractivity contribution >= 4 is 29.7 Å². The molecule has 2 aromatic carbocycles. The van der Waals surface area contributed by atoms with E-state index in [9.17, 15) is 30.0 Å². The van der Waals surface area contributed by atoms with Crippen LogP contribution in [0.1, 0.15) is 120 Å². The van der Waals surface area contributed by atoms with E-state index in [0.29, 0.717) is 12.8 Å². The molecule has 2 aliphatic rings. The summed E-state index contributed by atoms with van der Waals surface area (Å²) < 4.78 is 18.7. The minimum Gasteiger partial charge on any atom is -0.459 e. The number of carbonyl (C=O) groups is 2. The Balaban J connectivity index is 1.51. The number of unbranched alkanes of at least 4 members (excludes halogenated alkanes) is 4. The first-order chi connectivity index (χ1) is 29.1. The quantitative estimate of drug-likeness (QED) is 0.0937. The molecule has 0 unspecified atom stereocenters. The van der Waals surface area contributed by atoms with Gasteiger partial charge in [0.15, 0.2) is 6.29 Å². The lowest BCUT2D eigenvalue weighted by Crippen LogP contribution is -2.60. The van der Waals surface area contributed by atoms with Crippen LogP contribution in [0, 0.1) is 17.8 Å². The summed E-state index contributed by atoms with van der Waals surface area (Å²) in [5.41, 5.74) is -3.34. The van der Waals surface area contributed by atoms with Crippen molar-refractivity contribution in [2.75, 3.05) is 33.5 Å². The van der Waals surface area contributed by atoms with E-state index in [1.54, 1.807) is 32.6 Å². The smallest absolute Gasteiger partial charge is 0.309 e. The molecule has 2 aromatic rings. The lowest BCUT2D eigenvalue weighted by Gasteiger charge is -2.46. The van der Waals surface area contributed by atoms with Crippen molar-refractivity contribution in [3.63, 3.8) is 0 Å². The Morgan fingerprint density at radius 2 is 1.45 bits per heavy atom. The molecule has 0 spiro atoms. The van der Waals surface area contributed by atoms with Gasteiger partial charge in [-0.05, 0) is 123 Å². The summed E-state index contributed by atoms with van der Waals surface area (Å²) in [5, 5.41) is 50.4. The van der Waals surface area contributed by atoms with Crippen LogP contribution in [0.25, 0.3) is 0 Å². The van der Waals surface area contributed by atoms with Crippen LogP contribution in [0.3, 0.4) is 0 Å². The monoisotopic (exact) mass is 886 g/mol. The normalized spacial score (nSPS) is 34.6. The number of aliphatic hydroxyl groups excluding tert-OH is 2. The van der Waals surface area contributed by atoms with Crippen molar-refractivity contribution in [1.29, 1.82) is 0 Å². The zero-order chi connectivity index (χ0) is 46.0. The average molecular weight is 886 g/mol. The molecule has 13 atom stereocenters. The molecule has 0 bridgehead atoms. The highest BCUT2D eigenvalue weighted by Gasteiger charge is 2.49. The fourth-order valence-corrected chi connectivity index (χ4v) is 13.5. The molecule has 11 nitrogen and oxygen atoms in total. The van der Waals surface area contributed by atoms with Gasteiger partial charge in [0.1, 0.15) is 23.9 Å². The standard InChI is InChI=1S/C50H82N2O9P/c1-12-42-50(8,58)45(55)38(6)52(43(53)28-22-14-13-15-23-29-62(11,39-24-18-16-19-25-39)40-26-20-17-21-27-40)33-34(2)32-49(7,57)46(35(3)30-36(4)47(56)60-42)61-48-44(54)41(51(9)10)31-37(5)59-48/h16-21,24-27,34-38,41-42,44-46,48,54-55,57-58H,12-15,22-23,28-33H2,1-11H3/q+1/t34-,35+,36-,37-,38-,41+,42-,44-,45-,46-,48+,49-,50-/m1/s1. The molecule has 62 heavy (non-hydrogen) atoms. The van der Waals surface area contributed by atoms with Crippen LogP contribution in [0.5, 0.6) is 0 Å².